The Morgan fingerprint density at radius 2 is 2.06 bits per heavy atom. The molecule has 0 bridgehead atoms. The van der Waals surface area contributed by atoms with Crippen molar-refractivity contribution in [1.82, 2.24) is 14.8 Å². The fourth-order valence-corrected chi connectivity index (χ4v) is 6.57. The third-order valence-corrected chi connectivity index (χ3v) is 8.62. The number of thiazole rings is 1. The van der Waals surface area contributed by atoms with Crippen molar-refractivity contribution in [3.05, 3.63) is 40.6 Å². The average Bonchev–Trinajstić information content (AvgIpc) is 3.58. The van der Waals surface area contributed by atoms with E-state index in [0.29, 0.717) is 42.4 Å². The van der Waals surface area contributed by atoms with Gasteiger partial charge in [0.25, 0.3) is 5.91 Å². The summed E-state index contributed by atoms with van der Waals surface area (Å²) in [6.45, 7) is 5.95. The molecule has 3 amide bonds. The Balaban J connectivity index is 1.41. The molecular weight excluding hydrogens is 476 g/mol. The molecule has 2 aromatic heterocycles. The number of nitrogens with one attached hydrogen (secondary N) is 1. The number of fused-ring (bicyclic) bond motifs is 1. The smallest absolute Gasteiger partial charge is 0.264 e. The zero-order valence-corrected chi connectivity index (χ0v) is 21.0. The SMILES string of the molecule is CCN(CC)C(=O)CSc1nc2ccc(NC(=O)C3CCCN3C(=O)c3cccs3)cc2s1. The predicted molar refractivity (Wildman–Crippen MR) is 135 cm³/mol. The topological polar surface area (TPSA) is 82.6 Å². The molecule has 1 fully saturated rings. The second kappa shape index (κ2) is 10.7. The van der Waals surface area contributed by atoms with Crippen LogP contribution in [-0.4, -0.2) is 63.9 Å². The predicted octanol–water partition coefficient (Wildman–Crippen LogP) is 4.56. The molecule has 4 rings (SSSR count). The lowest BCUT2D eigenvalue weighted by Crippen LogP contribution is -2.42. The first-order valence-corrected chi connectivity index (χ1v) is 13.6. The van der Waals surface area contributed by atoms with Gasteiger partial charge in [0, 0.05) is 25.3 Å². The van der Waals surface area contributed by atoms with Crippen LogP contribution in [0.3, 0.4) is 0 Å². The maximum absolute atomic E-state index is 13.0. The Morgan fingerprint density at radius 1 is 1.24 bits per heavy atom. The van der Waals surface area contributed by atoms with Gasteiger partial charge < -0.3 is 15.1 Å². The number of carbonyl (C=O) groups is 3. The molecule has 1 aliphatic rings. The Kier molecular flexibility index (Phi) is 7.67. The summed E-state index contributed by atoms with van der Waals surface area (Å²) in [7, 11) is 0. The molecule has 7 nitrogen and oxygen atoms in total. The van der Waals surface area contributed by atoms with E-state index in [2.05, 4.69) is 10.3 Å². The van der Waals surface area contributed by atoms with Crippen molar-refractivity contribution in [2.45, 2.75) is 37.1 Å². The van der Waals surface area contributed by atoms with Crippen molar-refractivity contribution in [3.8, 4) is 0 Å². The standard InChI is InChI=1S/C23H26N4O3S3/c1-3-26(4-2)20(28)14-32-23-25-16-10-9-15(13-19(16)33-23)24-21(29)17-7-5-11-27(17)22(30)18-8-6-12-31-18/h6,8-10,12-13,17H,3-5,7,11,14H2,1-2H3,(H,24,29). The van der Waals surface area contributed by atoms with Gasteiger partial charge in [0.05, 0.1) is 20.8 Å². The maximum Gasteiger partial charge on any atom is 0.264 e. The lowest BCUT2D eigenvalue weighted by Gasteiger charge is -2.23. The van der Waals surface area contributed by atoms with Gasteiger partial charge in [-0.05, 0) is 56.3 Å². The second-order valence-electron chi connectivity index (χ2n) is 7.64. The van der Waals surface area contributed by atoms with E-state index in [1.807, 2.05) is 48.4 Å². The van der Waals surface area contributed by atoms with Gasteiger partial charge in [0.1, 0.15) is 6.04 Å². The largest absolute Gasteiger partial charge is 0.343 e. The number of carbonyl (C=O) groups excluding carboxylic acids is 3. The van der Waals surface area contributed by atoms with Gasteiger partial charge in [-0.2, -0.15) is 0 Å². The number of aromatic nitrogens is 1. The maximum atomic E-state index is 13.0. The average molecular weight is 503 g/mol. The number of amides is 3. The molecule has 1 saturated heterocycles. The summed E-state index contributed by atoms with van der Waals surface area (Å²) in [4.78, 5) is 46.7. The fourth-order valence-electron chi connectivity index (χ4n) is 3.88. The number of benzene rings is 1. The van der Waals surface area contributed by atoms with Crippen LogP contribution in [0.1, 0.15) is 36.4 Å². The van der Waals surface area contributed by atoms with Gasteiger partial charge in [-0.25, -0.2) is 4.98 Å². The van der Waals surface area contributed by atoms with Crippen molar-refractivity contribution in [3.63, 3.8) is 0 Å². The van der Waals surface area contributed by atoms with Crippen LogP contribution in [0.15, 0.2) is 40.1 Å². The second-order valence-corrected chi connectivity index (χ2v) is 10.8. The normalized spacial score (nSPS) is 15.7. The van der Waals surface area contributed by atoms with Crippen LogP contribution >= 0.6 is 34.4 Å². The number of anilines is 1. The Labute approximate surface area is 205 Å². The van der Waals surface area contributed by atoms with Gasteiger partial charge >= 0.3 is 0 Å². The molecule has 3 heterocycles. The Morgan fingerprint density at radius 3 is 2.79 bits per heavy atom. The number of likely N-dealkylation sites (tertiary alicyclic amines) is 1. The molecule has 10 heteroatoms. The molecule has 1 aliphatic heterocycles. The van der Waals surface area contributed by atoms with E-state index < -0.39 is 6.04 Å². The van der Waals surface area contributed by atoms with Crippen LogP contribution in [0.5, 0.6) is 0 Å². The van der Waals surface area contributed by atoms with Gasteiger partial charge in [0.2, 0.25) is 11.8 Å². The summed E-state index contributed by atoms with van der Waals surface area (Å²) in [6.07, 6.45) is 1.48. The molecule has 0 saturated carbocycles. The first kappa shape index (κ1) is 23.7. The summed E-state index contributed by atoms with van der Waals surface area (Å²) in [6, 6.07) is 8.79. The minimum Gasteiger partial charge on any atom is -0.343 e. The number of rotatable bonds is 8. The van der Waals surface area contributed by atoms with E-state index in [9.17, 15) is 14.4 Å². The van der Waals surface area contributed by atoms with Gasteiger partial charge in [-0.3, -0.25) is 14.4 Å². The number of nitrogens with zero attached hydrogens (tertiary/aromatic N) is 3. The first-order chi connectivity index (χ1) is 16.0. The summed E-state index contributed by atoms with van der Waals surface area (Å²) in [5, 5.41) is 4.85. The van der Waals surface area contributed by atoms with Crippen molar-refractivity contribution in [2.24, 2.45) is 0 Å². The van der Waals surface area contributed by atoms with Crippen LogP contribution in [0.25, 0.3) is 10.2 Å². The molecule has 1 aromatic carbocycles. The number of hydrogen-bond donors (Lipinski definition) is 1. The minimum absolute atomic E-state index is 0.0820. The van der Waals surface area contributed by atoms with Crippen LogP contribution in [0.2, 0.25) is 0 Å². The zero-order valence-electron chi connectivity index (χ0n) is 18.6. The minimum atomic E-state index is -0.464. The summed E-state index contributed by atoms with van der Waals surface area (Å²) >= 11 is 4.35. The highest BCUT2D eigenvalue weighted by Gasteiger charge is 2.35. The fraction of sp³-hybridized carbons (Fsp3) is 0.391. The van der Waals surface area contributed by atoms with Crippen LogP contribution in [-0.2, 0) is 9.59 Å². The van der Waals surface area contributed by atoms with Crippen molar-refractivity contribution in [2.75, 3.05) is 30.7 Å². The quantitative estimate of drug-likeness (QED) is 0.457. The van der Waals surface area contributed by atoms with E-state index >= 15 is 0 Å². The molecule has 174 valence electrons. The van der Waals surface area contributed by atoms with Crippen molar-refractivity contribution >= 4 is 68.1 Å². The lowest BCUT2D eigenvalue weighted by atomic mass is 10.2. The molecule has 0 radical (unpaired) electrons. The zero-order chi connectivity index (χ0) is 23.4. The molecule has 1 unspecified atom stereocenters. The monoisotopic (exact) mass is 502 g/mol. The molecule has 1 N–H and O–H groups in total. The van der Waals surface area contributed by atoms with Crippen LogP contribution < -0.4 is 5.32 Å². The van der Waals surface area contributed by atoms with E-state index in [1.165, 1.54) is 34.4 Å². The molecule has 1 atom stereocenters. The molecule has 33 heavy (non-hydrogen) atoms. The third-order valence-electron chi connectivity index (χ3n) is 5.62. The highest BCUT2D eigenvalue weighted by Crippen LogP contribution is 2.32. The van der Waals surface area contributed by atoms with Crippen molar-refractivity contribution in [1.29, 1.82) is 0 Å². The molecular formula is C23H26N4O3S3. The Hall–Kier alpha value is -2.43. The van der Waals surface area contributed by atoms with E-state index in [1.54, 1.807) is 11.0 Å². The summed E-state index contributed by atoms with van der Waals surface area (Å²) in [5.41, 5.74) is 1.52. The lowest BCUT2D eigenvalue weighted by molar-refractivity contribution is -0.128. The highest BCUT2D eigenvalue weighted by atomic mass is 32.2. The summed E-state index contributed by atoms with van der Waals surface area (Å²) < 4.78 is 1.78. The molecule has 0 spiro atoms. The van der Waals surface area contributed by atoms with E-state index in [0.717, 1.165) is 21.0 Å². The van der Waals surface area contributed by atoms with Crippen molar-refractivity contribution < 1.29 is 14.4 Å². The van der Waals surface area contributed by atoms with E-state index in [4.69, 9.17) is 0 Å². The van der Waals surface area contributed by atoms with Gasteiger partial charge in [-0.15, -0.1) is 22.7 Å². The van der Waals surface area contributed by atoms with Crippen LogP contribution in [0.4, 0.5) is 5.69 Å². The Bertz CT molecular complexity index is 1140. The van der Waals surface area contributed by atoms with E-state index in [-0.39, 0.29) is 17.7 Å². The van der Waals surface area contributed by atoms with Gasteiger partial charge in [-0.1, -0.05) is 17.8 Å². The van der Waals surface area contributed by atoms with Gasteiger partial charge in [0.15, 0.2) is 4.34 Å². The first-order valence-electron chi connectivity index (χ1n) is 11.0. The number of thiophene rings is 1. The molecule has 3 aromatic rings. The number of thioether (sulfide) groups is 1. The number of hydrogen-bond acceptors (Lipinski definition) is 7. The molecule has 0 aliphatic carbocycles. The summed E-state index contributed by atoms with van der Waals surface area (Å²) in [5.74, 6) is 0.221. The van der Waals surface area contributed by atoms with Crippen LogP contribution in [0, 0.1) is 0 Å². The highest BCUT2D eigenvalue weighted by molar-refractivity contribution is 8.01. The third kappa shape index (κ3) is 5.39.